The molecule has 3 atom stereocenters. The summed E-state index contributed by atoms with van der Waals surface area (Å²) < 4.78 is 0. The molecule has 1 heteroatoms. The van der Waals surface area contributed by atoms with Crippen LogP contribution < -0.4 is 0 Å². The quantitative estimate of drug-likeness (QED) is 0.800. The molecule has 2 aromatic carbocycles. The lowest BCUT2D eigenvalue weighted by Crippen LogP contribution is -2.32. The Hall–Kier alpha value is -1.34. The van der Waals surface area contributed by atoms with E-state index in [2.05, 4.69) is 42.5 Å². The number of aliphatic hydroxyl groups is 1. The van der Waals surface area contributed by atoms with E-state index in [0.29, 0.717) is 5.92 Å². The van der Waals surface area contributed by atoms with Crippen LogP contribution in [-0.2, 0) is 5.60 Å². The van der Waals surface area contributed by atoms with Gasteiger partial charge in [0.05, 0.1) is 5.60 Å². The summed E-state index contributed by atoms with van der Waals surface area (Å²) in [5.41, 5.74) is 0.594. The summed E-state index contributed by atoms with van der Waals surface area (Å²) in [6.45, 7) is 0. The van der Waals surface area contributed by atoms with Crippen molar-refractivity contribution in [2.24, 2.45) is 11.8 Å². The Kier molecular flexibility index (Phi) is 2.10. The second kappa shape index (κ2) is 3.58. The Labute approximate surface area is 107 Å². The first-order chi connectivity index (χ1) is 8.77. The molecule has 1 N–H and O–H groups in total. The molecule has 0 heterocycles. The van der Waals surface area contributed by atoms with E-state index in [1.165, 1.54) is 30.0 Å². The molecule has 0 aromatic heterocycles. The molecule has 0 saturated heterocycles. The summed E-state index contributed by atoms with van der Waals surface area (Å²) in [6.07, 6.45) is 4.70. The standard InChI is InChI=1S/C17H18O/c18-17(11-12-8-9-14(17)10-12)16-7-3-5-13-4-1-2-6-15(13)16/h1-7,12,14,18H,8-11H2. The highest BCUT2D eigenvalue weighted by molar-refractivity contribution is 5.86. The third kappa shape index (κ3) is 1.31. The summed E-state index contributed by atoms with van der Waals surface area (Å²) >= 11 is 0. The van der Waals surface area contributed by atoms with E-state index in [1.54, 1.807) is 0 Å². The van der Waals surface area contributed by atoms with Crippen molar-refractivity contribution in [1.29, 1.82) is 0 Å². The maximum absolute atomic E-state index is 11.2. The second-order valence-electron chi connectivity index (χ2n) is 6.03. The van der Waals surface area contributed by atoms with Crippen molar-refractivity contribution in [3.05, 3.63) is 48.0 Å². The molecular weight excluding hydrogens is 220 g/mol. The normalized spacial score (nSPS) is 34.3. The predicted octanol–water partition coefficient (Wildman–Crippen LogP) is 3.85. The zero-order valence-electron chi connectivity index (χ0n) is 10.5. The first kappa shape index (κ1) is 10.6. The van der Waals surface area contributed by atoms with E-state index < -0.39 is 5.60 Å². The monoisotopic (exact) mass is 238 g/mol. The van der Waals surface area contributed by atoms with Crippen molar-refractivity contribution < 1.29 is 5.11 Å². The number of hydrogen-bond acceptors (Lipinski definition) is 1. The molecule has 2 aliphatic carbocycles. The summed E-state index contributed by atoms with van der Waals surface area (Å²) in [5, 5.41) is 13.6. The number of hydrogen-bond donors (Lipinski definition) is 1. The molecule has 0 amide bonds. The van der Waals surface area contributed by atoms with Crippen molar-refractivity contribution in [3.8, 4) is 0 Å². The van der Waals surface area contributed by atoms with Gasteiger partial charge in [0.15, 0.2) is 0 Å². The van der Waals surface area contributed by atoms with Gasteiger partial charge in [-0.25, -0.2) is 0 Å². The molecule has 1 nitrogen and oxygen atoms in total. The van der Waals surface area contributed by atoms with Crippen LogP contribution >= 0.6 is 0 Å². The van der Waals surface area contributed by atoms with Gasteiger partial charge in [-0.15, -0.1) is 0 Å². The first-order valence-electron chi connectivity index (χ1n) is 6.98. The van der Waals surface area contributed by atoms with Gasteiger partial charge < -0.3 is 5.11 Å². The molecule has 2 saturated carbocycles. The fourth-order valence-corrected chi connectivity index (χ4v) is 4.23. The fourth-order valence-electron chi connectivity index (χ4n) is 4.23. The molecule has 0 aliphatic heterocycles. The van der Waals surface area contributed by atoms with Crippen LogP contribution in [0.2, 0.25) is 0 Å². The third-order valence-corrected chi connectivity index (χ3v) is 5.07. The summed E-state index contributed by atoms with van der Waals surface area (Å²) in [5.74, 6) is 1.23. The number of benzene rings is 2. The molecule has 92 valence electrons. The highest BCUT2D eigenvalue weighted by Gasteiger charge is 2.51. The van der Waals surface area contributed by atoms with Gasteiger partial charge in [0.25, 0.3) is 0 Å². The van der Waals surface area contributed by atoms with E-state index in [-0.39, 0.29) is 0 Å². The van der Waals surface area contributed by atoms with E-state index in [9.17, 15) is 5.11 Å². The summed E-state index contributed by atoms with van der Waals surface area (Å²) in [4.78, 5) is 0. The van der Waals surface area contributed by atoms with Crippen LogP contribution in [0, 0.1) is 11.8 Å². The zero-order chi connectivity index (χ0) is 12.2. The molecule has 0 radical (unpaired) electrons. The van der Waals surface area contributed by atoms with Crippen LogP contribution in [-0.4, -0.2) is 5.11 Å². The van der Waals surface area contributed by atoms with Gasteiger partial charge in [-0.1, -0.05) is 42.5 Å². The molecule has 18 heavy (non-hydrogen) atoms. The highest BCUT2D eigenvalue weighted by Crippen LogP contribution is 2.56. The lowest BCUT2D eigenvalue weighted by molar-refractivity contribution is -0.0168. The average Bonchev–Trinajstić information content (AvgIpc) is 2.98. The van der Waals surface area contributed by atoms with Gasteiger partial charge in [0.2, 0.25) is 0 Å². The third-order valence-electron chi connectivity index (χ3n) is 5.07. The van der Waals surface area contributed by atoms with Crippen molar-refractivity contribution in [3.63, 3.8) is 0 Å². The topological polar surface area (TPSA) is 20.2 Å². The van der Waals surface area contributed by atoms with Gasteiger partial charge in [-0.2, -0.15) is 0 Å². The van der Waals surface area contributed by atoms with Gasteiger partial charge in [-0.05, 0) is 53.9 Å². The van der Waals surface area contributed by atoms with E-state index in [4.69, 9.17) is 0 Å². The molecular formula is C17H18O. The van der Waals surface area contributed by atoms with E-state index in [1.807, 2.05) is 0 Å². The average molecular weight is 238 g/mol. The van der Waals surface area contributed by atoms with Crippen LogP contribution in [0.3, 0.4) is 0 Å². The van der Waals surface area contributed by atoms with Gasteiger partial charge >= 0.3 is 0 Å². The minimum atomic E-state index is -0.566. The molecule has 0 spiro atoms. The Morgan fingerprint density at radius 2 is 1.83 bits per heavy atom. The van der Waals surface area contributed by atoms with Crippen LogP contribution in [0.25, 0.3) is 10.8 Å². The molecule has 4 rings (SSSR count). The van der Waals surface area contributed by atoms with Crippen molar-refractivity contribution >= 4 is 10.8 Å². The first-order valence-corrected chi connectivity index (χ1v) is 6.98. The van der Waals surface area contributed by atoms with Crippen molar-refractivity contribution in [1.82, 2.24) is 0 Å². The molecule has 2 aliphatic rings. The molecule has 2 aromatic rings. The lowest BCUT2D eigenvalue weighted by Gasteiger charge is -2.34. The van der Waals surface area contributed by atoms with E-state index >= 15 is 0 Å². The van der Waals surface area contributed by atoms with Gasteiger partial charge in [0, 0.05) is 0 Å². The SMILES string of the molecule is OC1(c2cccc3ccccc23)CC2CCC1C2. The number of rotatable bonds is 1. The largest absolute Gasteiger partial charge is 0.385 e. The highest BCUT2D eigenvalue weighted by atomic mass is 16.3. The van der Waals surface area contributed by atoms with Gasteiger partial charge in [0.1, 0.15) is 0 Å². The smallest absolute Gasteiger partial charge is 0.0933 e. The van der Waals surface area contributed by atoms with Crippen molar-refractivity contribution in [2.45, 2.75) is 31.3 Å². The Bertz CT molecular complexity index is 598. The van der Waals surface area contributed by atoms with E-state index in [0.717, 1.165) is 17.9 Å². The van der Waals surface area contributed by atoms with Crippen molar-refractivity contribution in [2.75, 3.05) is 0 Å². The predicted molar refractivity (Wildman–Crippen MR) is 73.3 cm³/mol. The summed E-state index contributed by atoms with van der Waals surface area (Å²) in [6, 6.07) is 14.8. The molecule has 3 unspecified atom stereocenters. The molecule has 2 bridgehead atoms. The van der Waals surface area contributed by atoms with Crippen LogP contribution in [0.5, 0.6) is 0 Å². The zero-order valence-corrected chi connectivity index (χ0v) is 10.5. The maximum Gasteiger partial charge on any atom is 0.0933 e. The van der Waals surface area contributed by atoms with Gasteiger partial charge in [-0.3, -0.25) is 0 Å². The maximum atomic E-state index is 11.2. The minimum Gasteiger partial charge on any atom is -0.385 e. The van der Waals surface area contributed by atoms with Crippen LogP contribution in [0.1, 0.15) is 31.2 Å². The minimum absolute atomic E-state index is 0.480. The Morgan fingerprint density at radius 1 is 1.00 bits per heavy atom. The number of fused-ring (bicyclic) bond motifs is 3. The van der Waals surface area contributed by atoms with Crippen LogP contribution in [0.15, 0.2) is 42.5 Å². The van der Waals surface area contributed by atoms with Crippen LogP contribution in [0.4, 0.5) is 0 Å². The Balaban J connectivity index is 1.92. The molecule has 2 fully saturated rings. The Morgan fingerprint density at radius 3 is 2.61 bits per heavy atom. The fraction of sp³-hybridized carbons (Fsp3) is 0.412. The lowest BCUT2D eigenvalue weighted by atomic mass is 9.77. The summed E-state index contributed by atoms with van der Waals surface area (Å²) in [7, 11) is 0. The second-order valence-corrected chi connectivity index (χ2v) is 6.03.